The molecular formula is C7H10OS. The molecule has 1 N–H and O–H groups in total. The SMILES string of the molecule is OC(=S)C1=CCCCC1. The molecule has 0 aromatic carbocycles. The highest BCUT2D eigenvalue weighted by atomic mass is 32.1. The van der Waals surface area contributed by atoms with Crippen molar-refractivity contribution in [3.05, 3.63) is 11.6 Å². The number of thiocarbonyl (C=S) groups is 1. The van der Waals surface area contributed by atoms with E-state index in [2.05, 4.69) is 12.2 Å². The molecule has 9 heavy (non-hydrogen) atoms. The summed E-state index contributed by atoms with van der Waals surface area (Å²) in [6, 6.07) is 0. The van der Waals surface area contributed by atoms with Crippen LogP contribution in [0.5, 0.6) is 0 Å². The Morgan fingerprint density at radius 3 is 2.67 bits per heavy atom. The lowest BCUT2D eigenvalue weighted by Gasteiger charge is -2.08. The Morgan fingerprint density at radius 1 is 1.56 bits per heavy atom. The van der Waals surface area contributed by atoms with Crippen LogP contribution in [0.1, 0.15) is 25.7 Å². The highest BCUT2D eigenvalue weighted by Gasteiger charge is 2.05. The Bertz CT molecular complexity index is 149. The van der Waals surface area contributed by atoms with Crippen LogP contribution in [-0.2, 0) is 0 Å². The molecule has 0 saturated carbocycles. The molecule has 0 aromatic rings. The van der Waals surface area contributed by atoms with Crippen LogP contribution in [0.2, 0.25) is 0 Å². The molecule has 1 aliphatic rings. The third kappa shape index (κ3) is 1.79. The van der Waals surface area contributed by atoms with E-state index in [1.165, 1.54) is 12.8 Å². The first-order valence-corrected chi connectivity index (χ1v) is 3.64. The molecular weight excluding hydrogens is 132 g/mol. The van der Waals surface area contributed by atoms with Crippen molar-refractivity contribution in [2.24, 2.45) is 0 Å². The maximum atomic E-state index is 8.84. The van der Waals surface area contributed by atoms with E-state index in [-0.39, 0.29) is 5.05 Å². The summed E-state index contributed by atoms with van der Waals surface area (Å²) in [5.74, 6) is 0. The van der Waals surface area contributed by atoms with Gasteiger partial charge < -0.3 is 5.11 Å². The molecule has 0 aliphatic heterocycles. The van der Waals surface area contributed by atoms with Crippen molar-refractivity contribution < 1.29 is 5.11 Å². The molecule has 0 atom stereocenters. The molecule has 0 radical (unpaired) electrons. The molecule has 50 valence electrons. The van der Waals surface area contributed by atoms with Gasteiger partial charge in [0, 0.05) is 5.57 Å². The quantitative estimate of drug-likeness (QED) is 0.567. The maximum absolute atomic E-state index is 8.84. The van der Waals surface area contributed by atoms with Crippen molar-refractivity contribution >= 4 is 17.3 Å². The van der Waals surface area contributed by atoms with Crippen molar-refractivity contribution in [3.8, 4) is 0 Å². The third-order valence-corrected chi connectivity index (χ3v) is 1.83. The molecule has 0 fully saturated rings. The van der Waals surface area contributed by atoms with Crippen molar-refractivity contribution in [2.45, 2.75) is 25.7 Å². The molecule has 0 bridgehead atoms. The summed E-state index contributed by atoms with van der Waals surface area (Å²) in [6.45, 7) is 0. The molecule has 0 saturated heterocycles. The Labute approximate surface area is 60.4 Å². The van der Waals surface area contributed by atoms with Gasteiger partial charge in [-0.1, -0.05) is 6.08 Å². The second kappa shape index (κ2) is 2.97. The van der Waals surface area contributed by atoms with Gasteiger partial charge in [0.15, 0.2) is 5.05 Å². The lowest BCUT2D eigenvalue weighted by molar-refractivity contribution is 0.559. The van der Waals surface area contributed by atoms with Crippen LogP contribution in [0.25, 0.3) is 0 Å². The smallest absolute Gasteiger partial charge is 0.184 e. The standard InChI is InChI=1S/C7H10OS/c8-7(9)6-4-2-1-3-5-6/h4H,1-3,5H2,(H,8,9). The van der Waals surface area contributed by atoms with E-state index < -0.39 is 0 Å². The highest BCUT2D eigenvalue weighted by Crippen LogP contribution is 2.17. The zero-order valence-corrected chi connectivity index (χ0v) is 6.08. The van der Waals surface area contributed by atoms with E-state index in [1.807, 2.05) is 6.08 Å². The second-order valence-corrected chi connectivity index (χ2v) is 2.67. The van der Waals surface area contributed by atoms with Gasteiger partial charge in [0.1, 0.15) is 0 Å². The van der Waals surface area contributed by atoms with Gasteiger partial charge in [0.25, 0.3) is 0 Å². The zero-order chi connectivity index (χ0) is 6.69. The Hall–Kier alpha value is -0.370. The fraction of sp³-hybridized carbons (Fsp3) is 0.571. The van der Waals surface area contributed by atoms with Crippen molar-refractivity contribution in [1.82, 2.24) is 0 Å². The maximum Gasteiger partial charge on any atom is 0.184 e. The fourth-order valence-electron chi connectivity index (χ4n) is 1.03. The van der Waals surface area contributed by atoms with Crippen molar-refractivity contribution in [3.63, 3.8) is 0 Å². The average molecular weight is 142 g/mol. The van der Waals surface area contributed by atoms with E-state index in [1.54, 1.807) is 0 Å². The zero-order valence-electron chi connectivity index (χ0n) is 5.26. The highest BCUT2D eigenvalue weighted by molar-refractivity contribution is 7.80. The second-order valence-electron chi connectivity index (χ2n) is 2.28. The van der Waals surface area contributed by atoms with E-state index >= 15 is 0 Å². The first kappa shape index (κ1) is 6.75. The Kier molecular flexibility index (Phi) is 2.22. The van der Waals surface area contributed by atoms with Crippen LogP contribution >= 0.6 is 12.2 Å². The number of rotatable bonds is 1. The number of hydrogen-bond acceptors (Lipinski definition) is 1. The number of allylic oxidation sites excluding steroid dienone is 1. The van der Waals surface area contributed by atoms with E-state index in [0.29, 0.717) is 0 Å². The summed E-state index contributed by atoms with van der Waals surface area (Å²) >= 11 is 4.60. The first-order valence-electron chi connectivity index (χ1n) is 3.23. The predicted octanol–water partition coefficient (Wildman–Crippen LogP) is 2.37. The summed E-state index contributed by atoms with van der Waals surface area (Å²) < 4.78 is 0. The van der Waals surface area contributed by atoms with Gasteiger partial charge in [-0.3, -0.25) is 0 Å². The van der Waals surface area contributed by atoms with Crippen molar-refractivity contribution in [2.75, 3.05) is 0 Å². The summed E-state index contributed by atoms with van der Waals surface area (Å²) in [5.41, 5.74) is 0.969. The lowest BCUT2D eigenvalue weighted by Crippen LogP contribution is -2.01. The average Bonchev–Trinajstić information content (AvgIpc) is 1.90. The van der Waals surface area contributed by atoms with Gasteiger partial charge >= 0.3 is 0 Å². The summed E-state index contributed by atoms with van der Waals surface area (Å²) in [6.07, 6.45) is 6.50. The molecule has 2 heteroatoms. The van der Waals surface area contributed by atoms with E-state index in [9.17, 15) is 0 Å². The molecule has 1 aliphatic carbocycles. The summed E-state index contributed by atoms with van der Waals surface area (Å²) in [7, 11) is 0. The van der Waals surface area contributed by atoms with Crippen LogP contribution in [-0.4, -0.2) is 10.2 Å². The van der Waals surface area contributed by atoms with Gasteiger partial charge in [-0.15, -0.1) is 0 Å². The molecule has 0 spiro atoms. The van der Waals surface area contributed by atoms with Gasteiger partial charge in [0.05, 0.1) is 0 Å². The third-order valence-electron chi connectivity index (χ3n) is 1.57. The van der Waals surface area contributed by atoms with Crippen LogP contribution in [0.4, 0.5) is 0 Å². The fourth-order valence-corrected chi connectivity index (χ4v) is 1.22. The predicted molar refractivity (Wildman–Crippen MR) is 41.8 cm³/mol. The minimum absolute atomic E-state index is 0.0923. The molecule has 0 heterocycles. The summed E-state index contributed by atoms with van der Waals surface area (Å²) in [4.78, 5) is 0. The minimum Gasteiger partial charge on any atom is -0.499 e. The lowest BCUT2D eigenvalue weighted by atomic mass is 10.0. The Morgan fingerprint density at radius 2 is 2.33 bits per heavy atom. The van der Waals surface area contributed by atoms with Gasteiger partial charge in [-0.2, -0.15) is 0 Å². The number of aliphatic hydroxyl groups excluding tert-OH is 1. The van der Waals surface area contributed by atoms with Gasteiger partial charge in [-0.05, 0) is 37.9 Å². The van der Waals surface area contributed by atoms with Crippen LogP contribution < -0.4 is 0 Å². The molecule has 0 aromatic heterocycles. The number of hydrogen-bond donors (Lipinski definition) is 1. The monoisotopic (exact) mass is 142 g/mol. The van der Waals surface area contributed by atoms with Gasteiger partial charge in [-0.25, -0.2) is 0 Å². The molecule has 0 unspecified atom stereocenters. The first-order chi connectivity index (χ1) is 4.30. The number of aliphatic hydroxyl groups is 1. The normalized spacial score (nSPS) is 18.9. The van der Waals surface area contributed by atoms with Crippen LogP contribution in [0.3, 0.4) is 0 Å². The van der Waals surface area contributed by atoms with Gasteiger partial charge in [0.2, 0.25) is 0 Å². The molecule has 1 nitrogen and oxygen atoms in total. The van der Waals surface area contributed by atoms with E-state index in [0.717, 1.165) is 18.4 Å². The largest absolute Gasteiger partial charge is 0.499 e. The molecule has 0 amide bonds. The van der Waals surface area contributed by atoms with Crippen molar-refractivity contribution in [1.29, 1.82) is 0 Å². The molecule has 1 rings (SSSR count). The minimum atomic E-state index is 0.0923. The topological polar surface area (TPSA) is 20.2 Å². The Balaban J connectivity index is 2.57. The van der Waals surface area contributed by atoms with Crippen LogP contribution in [0, 0.1) is 0 Å². The van der Waals surface area contributed by atoms with Crippen LogP contribution in [0.15, 0.2) is 11.6 Å². The van der Waals surface area contributed by atoms with E-state index in [4.69, 9.17) is 5.11 Å². The summed E-state index contributed by atoms with van der Waals surface area (Å²) in [5, 5.41) is 8.93.